The lowest BCUT2D eigenvalue weighted by molar-refractivity contribution is 0.399. The predicted octanol–water partition coefficient (Wildman–Crippen LogP) is 1.87. The molecule has 1 rings (SSSR count). The molecule has 1 fully saturated rings. The van der Waals surface area contributed by atoms with Gasteiger partial charge in [-0.2, -0.15) is 0 Å². The van der Waals surface area contributed by atoms with Gasteiger partial charge in [0.05, 0.1) is 5.75 Å². The standard InChI is InChI=1S/C13H28N2O2S/c1-3-4-5-6-12(2)15-18(16,17)11-13-7-9-14-10-8-13/h12-15H,3-11H2,1-2H3. The van der Waals surface area contributed by atoms with E-state index in [1.165, 1.54) is 12.8 Å². The molecule has 5 heteroatoms. The molecule has 2 N–H and O–H groups in total. The molecule has 1 unspecified atom stereocenters. The van der Waals surface area contributed by atoms with E-state index < -0.39 is 10.0 Å². The summed E-state index contributed by atoms with van der Waals surface area (Å²) >= 11 is 0. The molecule has 0 spiro atoms. The van der Waals surface area contributed by atoms with Gasteiger partial charge < -0.3 is 5.32 Å². The van der Waals surface area contributed by atoms with Crippen LogP contribution in [-0.4, -0.2) is 33.3 Å². The van der Waals surface area contributed by atoms with E-state index in [0.717, 1.165) is 38.8 Å². The monoisotopic (exact) mass is 276 g/mol. The normalized spacial score (nSPS) is 19.9. The Hall–Kier alpha value is -0.130. The lowest BCUT2D eigenvalue weighted by atomic mass is 10.0. The van der Waals surface area contributed by atoms with E-state index in [4.69, 9.17) is 0 Å². The van der Waals surface area contributed by atoms with Crippen LogP contribution in [0.25, 0.3) is 0 Å². The number of rotatable bonds is 8. The van der Waals surface area contributed by atoms with Gasteiger partial charge in [0.15, 0.2) is 0 Å². The first-order chi connectivity index (χ1) is 8.53. The zero-order valence-electron chi connectivity index (χ0n) is 11.7. The van der Waals surface area contributed by atoms with Crippen LogP contribution in [0.3, 0.4) is 0 Å². The second-order valence-corrected chi connectivity index (χ2v) is 7.29. The largest absolute Gasteiger partial charge is 0.317 e. The molecule has 4 nitrogen and oxygen atoms in total. The van der Waals surface area contributed by atoms with E-state index in [2.05, 4.69) is 17.0 Å². The van der Waals surface area contributed by atoms with Gasteiger partial charge in [-0.25, -0.2) is 13.1 Å². The second-order valence-electron chi connectivity index (χ2n) is 5.49. The maximum atomic E-state index is 12.0. The molecule has 108 valence electrons. The zero-order valence-corrected chi connectivity index (χ0v) is 12.6. The highest BCUT2D eigenvalue weighted by atomic mass is 32.2. The Balaban J connectivity index is 2.29. The van der Waals surface area contributed by atoms with Gasteiger partial charge in [0.1, 0.15) is 0 Å². The van der Waals surface area contributed by atoms with Crippen molar-refractivity contribution in [2.45, 2.75) is 58.4 Å². The number of hydrogen-bond donors (Lipinski definition) is 2. The average molecular weight is 276 g/mol. The van der Waals surface area contributed by atoms with Gasteiger partial charge in [0, 0.05) is 6.04 Å². The summed E-state index contributed by atoms with van der Waals surface area (Å²) in [7, 11) is -3.10. The van der Waals surface area contributed by atoms with Crippen LogP contribution in [0.2, 0.25) is 0 Å². The summed E-state index contributed by atoms with van der Waals surface area (Å²) in [6, 6.07) is 0.0725. The van der Waals surface area contributed by atoms with Crippen molar-refractivity contribution in [3.63, 3.8) is 0 Å². The fourth-order valence-corrected chi connectivity index (χ4v) is 4.25. The molecule has 1 atom stereocenters. The molecule has 0 bridgehead atoms. The first kappa shape index (κ1) is 15.9. The summed E-state index contributed by atoms with van der Waals surface area (Å²) in [5.74, 6) is 0.624. The fourth-order valence-electron chi connectivity index (χ4n) is 2.47. The number of hydrogen-bond acceptors (Lipinski definition) is 3. The van der Waals surface area contributed by atoms with Crippen LogP contribution in [0.1, 0.15) is 52.4 Å². The lowest BCUT2D eigenvalue weighted by Crippen LogP contribution is -2.39. The minimum atomic E-state index is -3.10. The Kier molecular flexibility index (Phi) is 7.19. The highest BCUT2D eigenvalue weighted by Crippen LogP contribution is 2.14. The van der Waals surface area contributed by atoms with Crippen LogP contribution in [0.15, 0.2) is 0 Å². The minimum Gasteiger partial charge on any atom is -0.317 e. The Bertz CT molecular complexity index is 311. The minimum absolute atomic E-state index is 0.0725. The topological polar surface area (TPSA) is 58.2 Å². The van der Waals surface area contributed by atoms with Gasteiger partial charge in [0.25, 0.3) is 0 Å². The molecule has 0 saturated carbocycles. The van der Waals surface area contributed by atoms with Crippen LogP contribution in [0.5, 0.6) is 0 Å². The van der Waals surface area contributed by atoms with E-state index in [9.17, 15) is 8.42 Å². The van der Waals surface area contributed by atoms with Crippen molar-refractivity contribution in [1.29, 1.82) is 0 Å². The molecule has 0 aliphatic carbocycles. The van der Waals surface area contributed by atoms with Gasteiger partial charge in [0.2, 0.25) is 10.0 Å². The third-order valence-corrected chi connectivity index (χ3v) is 5.21. The van der Waals surface area contributed by atoms with Crippen LogP contribution in [0, 0.1) is 5.92 Å². The SMILES string of the molecule is CCCCCC(C)NS(=O)(=O)CC1CCNCC1. The van der Waals surface area contributed by atoms with Crippen molar-refractivity contribution in [3.8, 4) is 0 Å². The Morgan fingerprint density at radius 3 is 2.56 bits per heavy atom. The maximum Gasteiger partial charge on any atom is 0.212 e. The van der Waals surface area contributed by atoms with Crippen molar-refractivity contribution >= 4 is 10.0 Å². The van der Waals surface area contributed by atoms with Gasteiger partial charge in [-0.3, -0.25) is 0 Å². The summed E-state index contributed by atoms with van der Waals surface area (Å²) in [5.41, 5.74) is 0. The highest BCUT2D eigenvalue weighted by Gasteiger charge is 2.22. The van der Waals surface area contributed by atoms with Crippen molar-refractivity contribution in [2.75, 3.05) is 18.8 Å². The van der Waals surface area contributed by atoms with E-state index in [1.54, 1.807) is 0 Å². The Labute approximate surface area is 112 Å². The molecule has 0 aromatic rings. The molecule has 0 radical (unpaired) electrons. The summed E-state index contributed by atoms with van der Waals surface area (Å²) in [6.07, 6.45) is 6.36. The van der Waals surface area contributed by atoms with Gasteiger partial charge in [-0.1, -0.05) is 26.2 Å². The predicted molar refractivity (Wildman–Crippen MR) is 76.1 cm³/mol. The van der Waals surface area contributed by atoms with E-state index in [1.807, 2.05) is 6.92 Å². The van der Waals surface area contributed by atoms with E-state index in [-0.39, 0.29) is 6.04 Å². The van der Waals surface area contributed by atoms with Crippen LogP contribution in [0.4, 0.5) is 0 Å². The van der Waals surface area contributed by atoms with Gasteiger partial charge >= 0.3 is 0 Å². The molecule has 1 aliphatic heterocycles. The number of piperidine rings is 1. The first-order valence-corrected chi connectivity index (χ1v) is 8.89. The van der Waals surface area contributed by atoms with Crippen LogP contribution < -0.4 is 10.0 Å². The smallest absolute Gasteiger partial charge is 0.212 e. The number of nitrogens with one attached hydrogen (secondary N) is 2. The maximum absolute atomic E-state index is 12.0. The van der Waals surface area contributed by atoms with Crippen molar-refractivity contribution in [3.05, 3.63) is 0 Å². The molecule has 1 aliphatic rings. The summed E-state index contributed by atoms with van der Waals surface area (Å²) in [5, 5.41) is 3.26. The van der Waals surface area contributed by atoms with E-state index >= 15 is 0 Å². The van der Waals surface area contributed by atoms with Gasteiger partial charge in [-0.05, 0) is 45.2 Å². The van der Waals surface area contributed by atoms with Crippen LogP contribution in [-0.2, 0) is 10.0 Å². The molecular formula is C13H28N2O2S. The quantitative estimate of drug-likeness (QED) is 0.665. The zero-order chi connectivity index (χ0) is 13.4. The summed E-state index contributed by atoms with van der Waals surface area (Å²) in [6.45, 7) is 6.03. The molecule has 0 amide bonds. The average Bonchev–Trinajstić information content (AvgIpc) is 2.29. The third-order valence-electron chi connectivity index (χ3n) is 3.54. The molecule has 1 saturated heterocycles. The highest BCUT2D eigenvalue weighted by molar-refractivity contribution is 7.89. The molecular weight excluding hydrogens is 248 g/mol. The lowest BCUT2D eigenvalue weighted by Gasteiger charge is -2.23. The summed E-state index contributed by atoms with van der Waals surface area (Å²) < 4.78 is 26.8. The molecule has 0 aromatic heterocycles. The summed E-state index contributed by atoms with van der Waals surface area (Å²) in [4.78, 5) is 0. The second kappa shape index (κ2) is 8.12. The first-order valence-electron chi connectivity index (χ1n) is 7.24. The molecule has 1 heterocycles. The Morgan fingerprint density at radius 2 is 1.94 bits per heavy atom. The fraction of sp³-hybridized carbons (Fsp3) is 1.00. The van der Waals surface area contributed by atoms with Gasteiger partial charge in [-0.15, -0.1) is 0 Å². The number of sulfonamides is 1. The van der Waals surface area contributed by atoms with Crippen molar-refractivity contribution in [2.24, 2.45) is 5.92 Å². The Morgan fingerprint density at radius 1 is 1.28 bits per heavy atom. The molecule has 0 aromatic carbocycles. The van der Waals surface area contributed by atoms with Crippen LogP contribution >= 0.6 is 0 Å². The van der Waals surface area contributed by atoms with Crippen molar-refractivity contribution < 1.29 is 8.42 Å². The number of unbranched alkanes of at least 4 members (excludes halogenated alkanes) is 2. The molecule has 18 heavy (non-hydrogen) atoms. The van der Waals surface area contributed by atoms with E-state index in [0.29, 0.717) is 11.7 Å². The third kappa shape index (κ3) is 6.71. The van der Waals surface area contributed by atoms with Crippen molar-refractivity contribution in [1.82, 2.24) is 10.0 Å².